The zero-order chi connectivity index (χ0) is 17.8. The van der Waals surface area contributed by atoms with Gasteiger partial charge in [0.2, 0.25) is 11.8 Å². The molecule has 1 aliphatic heterocycles. The lowest BCUT2D eigenvalue weighted by Gasteiger charge is -2.11. The predicted molar refractivity (Wildman–Crippen MR) is 96.7 cm³/mol. The number of benzene rings is 2. The highest BCUT2D eigenvalue weighted by molar-refractivity contribution is 6.00. The minimum Gasteiger partial charge on any atom is -0.497 e. The van der Waals surface area contributed by atoms with E-state index in [4.69, 9.17) is 4.74 Å². The molecule has 0 saturated carbocycles. The van der Waals surface area contributed by atoms with Gasteiger partial charge >= 0.3 is 0 Å². The van der Waals surface area contributed by atoms with Crippen molar-refractivity contribution in [3.05, 3.63) is 59.2 Å². The molecule has 0 bridgehead atoms. The van der Waals surface area contributed by atoms with Gasteiger partial charge in [-0.1, -0.05) is 24.3 Å². The van der Waals surface area contributed by atoms with Gasteiger partial charge in [0.05, 0.1) is 13.5 Å². The fraction of sp³-hybridized carbons (Fsp3) is 0.300. The number of nitrogens with one attached hydrogen (secondary N) is 1. The van der Waals surface area contributed by atoms with Crippen molar-refractivity contribution in [2.75, 3.05) is 19.1 Å². The summed E-state index contributed by atoms with van der Waals surface area (Å²) in [6.07, 6.45) is 1.57. The summed E-state index contributed by atoms with van der Waals surface area (Å²) in [6.45, 7) is 0.479. The first-order valence-electron chi connectivity index (χ1n) is 8.35. The molecular weight excluding hydrogens is 316 g/mol. The lowest BCUT2D eigenvalue weighted by molar-refractivity contribution is -0.121. The number of fused-ring (bicyclic) bond motifs is 1. The molecule has 1 aliphatic rings. The second-order valence-corrected chi connectivity index (χ2v) is 6.22. The van der Waals surface area contributed by atoms with Crippen LogP contribution in [-0.4, -0.2) is 26.0 Å². The number of hydrogen-bond donors (Lipinski definition) is 1. The van der Waals surface area contributed by atoms with Crippen LogP contribution in [0.1, 0.15) is 23.1 Å². The summed E-state index contributed by atoms with van der Waals surface area (Å²) in [5.41, 5.74) is 4.10. The van der Waals surface area contributed by atoms with Crippen LogP contribution in [-0.2, 0) is 29.0 Å². The third kappa shape index (κ3) is 3.99. The molecule has 0 radical (unpaired) electrons. The number of carbonyl (C=O) groups excluding carboxylic acids is 2. The van der Waals surface area contributed by atoms with Crippen LogP contribution in [0, 0.1) is 0 Å². The first-order chi connectivity index (χ1) is 12.1. The Hall–Kier alpha value is -2.82. The first-order valence-corrected chi connectivity index (χ1v) is 8.35. The molecule has 0 saturated heterocycles. The number of methoxy groups -OCH3 is 1. The van der Waals surface area contributed by atoms with E-state index in [0.29, 0.717) is 25.8 Å². The van der Waals surface area contributed by atoms with Crippen molar-refractivity contribution in [2.45, 2.75) is 25.8 Å². The van der Waals surface area contributed by atoms with E-state index in [0.717, 1.165) is 28.1 Å². The van der Waals surface area contributed by atoms with E-state index >= 15 is 0 Å². The van der Waals surface area contributed by atoms with Crippen LogP contribution >= 0.6 is 0 Å². The van der Waals surface area contributed by atoms with Gasteiger partial charge in [-0.15, -0.1) is 0 Å². The quantitative estimate of drug-likeness (QED) is 0.880. The summed E-state index contributed by atoms with van der Waals surface area (Å²) < 4.78 is 5.12. The number of rotatable bonds is 6. The summed E-state index contributed by atoms with van der Waals surface area (Å²) in [6, 6.07) is 13.6. The number of nitrogens with zero attached hydrogens (tertiary/aromatic N) is 1. The van der Waals surface area contributed by atoms with E-state index < -0.39 is 0 Å². The average Bonchev–Trinajstić information content (AvgIpc) is 2.92. The number of likely N-dealkylation sites (N-methyl/N-ethyl adjacent to an activating group) is 1. The second-order valence-electron chi connectivity index (χ2n) is 6.22. The molecular formula is C20H22N2O3. The number of carbonyl (C=O) groups is 2. The minimum atomic E-state index is 0.0181. The third-order valence-corrected chi connectivity index (χ3v) is 4.51. The molecule has 1 N–H and O–H groups in total. The Labute approximate surface area is 147 Å². The van der Waals surface area contributed by atoms with Gasteiger partial charge in [0.15, 0.2) is 0 Å². The largest absolute Gasteiger partial charge is 0.497 e. The van der Waals surface area contributed by atoms with Gasteiger partial charge in [0, 0.05) is 25.7 Å². The molecule has 25 heavy (non-hydrogen) atoms. The summed E-state index contributed by atoms with van der Waals surface area (Å²) in [5.74, 6) is 0.939. The van der Waals surface area contributed by atoms with Gasteiger partial charge in [-0.05, 0) is 41.3 Å². The maximum atomic E-state index is 12.1. The van der Waals surface area contributed by atoms with Crippen LogP contribution in [0.2, 0.25) is 0 Å². The van der Waals surface area contributed by atoms with E-state index in [1.165, 1.54) is 0 Å². The molecule has 130 valence electrons. The highest BCUT2D eigenvalue weighted by Crippen LogP contribution is 2.28. The molecule has 0 atom stereocenters. The fourth-order valence-electron chi connectivity index (χ4n) is 2.97. The lowest BCUT2D eigenvalue weighted by Crippen LogP contribution is -2.23. The fourth-order valence-corrected chi connectivity index (χ4v) is 2.97. The Balaban J connectivity index is 1.49. The van der Waals surface area contributed by atoms with Crippen LogP contribution in [0.3, 0.4) is 0 Å². The normalized spacial score (nSPS) is 12.9. The van der Waals surface area contributed by atoms with Crippen LogP contribution in [0.25, 0.3) is 0 Å². The van der Waals surface area contributed by atoms with E-state index in [1.807, 2.05) is 42.5 Å². The monoisotopic (exact) mass is 338 g/mol. The van der Waals surface area contributed by atoms with Crippen molar-refractivity contribution in [1.82, 2.24) is 5.32 Å². The van der Waals surface area contributed by atoms with Crippen LogP contribution in [0.5, 0.6) is 5.75 Å². The Morgan fingerprint density at radius 1 is 1.16 bits per heavy atom. The second kappa shape index (κ2) is 7.38. The van der Waals surface area contributed by atoms with E-state index in [2.05, 4.69) is 5.32 Å². The van der Waals surface area contributed by atoms with Gasteiger partial charge in [0.1, 0.15) is 5.75 Å². The molecule has 2 aromatic carbocycles. The van der Waals surface area contributed by atoms with Gasteiger partial charge in [0.25, 0.3) is 0 Å². The van der Waals surface area contributed by atoms with Gasteiger partial charge in [-0.3, -0.25) is 9.59 Å². The van der Waals surface area contributed by atoms with Crippen molar-refractivity contribution in [1.29, 1.82) is 0 Å². The molecule has 0 aromatic heterocycles. The molecule has 3 rings (SSSR count). The molecule has 0 fully saturated rings. The van der Waals surface area contributed by atoms with Gasteiger partial charge in [-0.2, -0.15) is 0 Å². The maximum absolute atomic E-state index is 12.1. The molecule has 0 spiro atoms. The van der Waals surface area contributed by atoms with E-state index in [1.54, 1.807) is 19.1 Å². The number of amides is 2. The molecule has 1 heterocycles. The highest BCUT2D eigenvalue weighted by Gasteiger charge is 2.23. The van der Waals surface area contributed by atoms with E-state index in [-0.39, 0.29) is 11.8 Å². The Kier molecular flexibility index (Phi) is 5.03. The lowest BCUT2D eigenvalue weighted by atomic mass is 10.1. The number of anilines is 1. The number of aryl methyl sites for hydroxylation is 1. The summed E-state index contributed by atoms with van der Waals surface area (Å²) in [7, 11) is 3.42. The molecule has 2 aromatic rings. The maximum Gasteiger partial charge on any atom is 0.231 e. The standard InChI is InChI=1S/C20H22N2O3/c1-22-18-9-5-15(11-16(18)12-20(22)24)13-21-19(23)10-6-14-3-7-17(25-2)8-4-14/h3-5,7-9,11H,6,10,12-13H2,1-2H3,(H,21,23). The van der Waals surface area contributed by atoms with Crippen molar-refractivity contribution in [2.24, 2.45) is 0 Å². The smallest absolute Gasteiger partial charge is 0.231 e. The van der Waals surface area contributed by atoms with Crippen molar-refractivity contribution in [3.8, 4) is 5.75 Å². The molecule has 5 heteroatoms. The van der Waals surface area contributed by atoms with E-state index in [9.17, 15) is 9.59 Å². The topological polar surface area (TPSA) is 58.6 Å². The minimum absolute atomic E-state index is 0.0181. The predicted octanol–water partition coefficient (Wildman–Crippen LogP) is 2.46. The zero-order valence-corrected chi connectivity index (χ0v) is 14.5. The summed E-state index contributed by atoms with van der Waals surface area (Å²) >= 11 is 0. The first kappa shape index (κ1) is 17.0. The van der Waals surface area contributed by atoms with Crippen LogP contribution in [0.15, 0.2) is 42.5 Å². The third-order valence-electron chi connectivity index (χ3n) is 4.51. The average molecular weight is 338 g/mol. The Morgan fingerprint density at radius 3 is 2.60 bits per heavy atom. The van der Waals surface area contributed by atoms with Crippen molar-refractivity contribution >= 4 is 17.5 Å². The summed E-state index contributed by atoms with van der Waals surface area (Å²) in [4.78, 5) is 25.4. The zero-order valence-electron chi connectivity index (χ0n) is 14.5. The number of ether oxygens (including phenoxy) is 1. The van der Waals surface area contributed by atoms with Crippen LogP contribution < -0.4 is 15.0 Å². The Morgan fingerprint density at radius 2 is 1.88 bits per heavy atom. The highest BCUT2D eigenvalue weighted by atomic mass is 16.5. The number of hydrogen-bond acceptors (Lipinski definition) is 3. The summed E-state index contributed by atoms with van der Waals surface area (Å²) in [5, 5.41) is 2.94. The molecule has 5 nitrogen and oxygen atoms in total. The Bertz CT molecular complexity index is 784. The molecule has 2 amide bonds. The molecule has 0 unspecified atom stereocenters. The van der Waals surface area contributed by atoms with Gasteiger partial charge in [-0.25, -0.2) is 0 Å². The van der Waals surface area contributed by atoms with Crippen LogP contribution in [0.4, 0.5) is 5.69 Å². The van der Waals surface area contributed by atoms with Crippen molar-refractivity contribution in [3.63, 3.8) is 0 Å². The molecule has 0 aliphatic carbocycles. The SMILES string of the molecule is COc1ccc(CCC(=O)NCc2ccc3c(c2)CC(=O)N3C)cc1. The van der Waals surface area contributed by atoms with Crippen molar-refractivity contribution < 1.29 is 14.3 Å². The van der Waals surface area contributed by atoms with Gasteiger partial charge < -0.3 is 15.0 Å².